The van der Waals surface area contributed by atoms with E-state index in [-0.39, 0.29) is 11.9 Å². The summed E-state index contributed by atoms with van der Waals surface area (Å²) in [5.74, 6) is 0.557. The predicted octanol–water partition coefficient (Wildman–Crippen LogP) is 1.83. The number of nitrogens with two attached hydrogens (primary N) is 1. The van der Waals surface area contributed by atoms with E-state index in [9.17, 15) is 4.39 Å². The first kappa shape index (κ1) is 12.7. The van der Waals surface area contributed by atoms with E-state index in [1.54, 1.807) is 17.8 Å². The zero-order valence-corrected chi connectivity index (χ0v) is 10.7. The second-order valence-corrected chi connectivity index (χ2v) is 5.31. The highest BCUT2D eigenvalue weighted by Crippen LogP contribution is 2.27. The fourth-order valence-electron chi connectivity index (χ4n) is 1.78. The Kier molecular flexibility index (Phi) is 4.25. The quantitative estimate of drug-likeness (QED) is 0.661. The number of thioether (sulfide) groups is 1. The molecule has 1 saturated heterocycles. The van der Waals surface area contributed by atoms with Gasteiger partial charge in [-0.15, -0.1) is 11.8 Å². The van der Waals surface area contributed by atoms with Gasteiger partial charge in [0.15, 0.2) is 0 Å². The number of nitrogens with zero attached hydrogens (tertiary/aromatic N) is 1. The summed E-state index contributed by atoms with van der Waals surface area (Å²) in [6.07, 6.45) is 0.196. The summed E-state index contributed by atoms with van der Waals surface area (Å²) in [6, 6.07) is 4.46. The Bertz CT molecular complexity index is 389. The maximum atomic E-state index is 13.1. The number of likely N-dealkylation sites (N-methyl/N-ethyl adjacent to an activating group) is 1. The van der Waals surface area contributed by atoms with Crippen molar-refractivity contribution in [2.45, 2.75) is 11.0 Å². The maximum absolute atomic E-state index is 13.1. The molecule has 94 valence electrons. The van der Waals surface area contributed by atoms with Gasteiger partial charge >= 0.3 is 0 Å². The molecule has 0 aliphatic carbocycles. The standard InChI is InChI=1S/C12H17FN2OS/c1-15-4-5-16-10(7-15)8-17-12-6-9(13)2-3-11(12)14/h2-3,6,10H,4-5,7-8,14H2,1H3. The lowest BCUT2D eigenvalue weighted by atomic mass is 10.3. The van der Waals surface area contributed by atoms with E-state index in [2.05, 4.69) is 11.9 Å². The predicted molar refractivity (Wildman–Crippen MR) is 68.8 cm³/mol. The summed E-state index contributed by atoms with van der Waals surface area (Å²) < 4.78 is 18.7. The van der Waals surface area contributed by atoms with Crippen molar-refractivity contribution in [3.8, 4) is 0 Å². The number of anilines is 1. The van der Waals surface area contributed by atoms with E-state index >= 15 is 0 Å². The van der Waals surface area contributed by atoms with Crippen LogP contribution in [0.5, 0.6) is 0 Å². The van der Waals surface area contributed by atoms with Crippen LogP contribution in [0.25, 0.3) is 0 Å². The number of nitrogen functional groups attached to an aromatic ring is 1. The molecule has 1 unspecified atom stereocenters. The summed E-state index contributed by atoms with van der Waals surface area (Å²) in [7, 11) is 2.08. The lowest BCUT2D eigenvalue weighted by Crippen LogP contribution is -2.41. The van der Waals surface area contributed by atoms with Crippen molar-refractivity contribution in [3.63, 3.8) is 0 Å². The summed E-state index contributed by atoms with van der Waals surface area (Å²) in [5, 5.41) is 0. The van der Waals surface area contributed by atoms with Crippen molar-refractivity contribution in [1.29, 1.82) is 0 Å². The molecule has 1 aromatic carbocycles. The molecule has 2 rings (SSSR count). The lowest BCUT2D eigenvalue weighted by Gasteiger charge is -2.29. The molecule has 0 radical (unpaired) electrons. The van der Waals surface area contributed by atoms with Crippen LogP contribution < -0.4 is 5.73 Å². The number of halogens is 1. The van der Waals surface area contributed by atoms with Gasteiger partial charge in [0.2, 0.25) is 0 Å². The van der Waals surface area contributed by atoms with Gasteiger partial charge in [-0.1, -0.05) is 0 Å². The molecule has 1 aromatic rings. The van der Waals surface area contributed by atoms with Crippen LogP contribution in [-0.2, 0) is 4.74 Å². The van der Waals surface area contributed by atoms with Gasteiger partial charge in [-0.3, -0.25) is 0 Å². The molecule has 1 aliphatic rings. The number of benzene rings is 1. The Morgan fingerprint density at radius 1 is 1.59 bits per heavy atom. The van der Waals surface area contributed by atoms with Gasteiger partial charge < -0.3 is 15.4 Å². The first-order valence-electron chi connectivity index (χ1n) is 5.63. The molecule has 0 aromatic heterocycles. The average molecular weight is 256 g/mol. The van der Waals surface area contributed by atoms with Crippen LogP contribution in [0.2, 0.25) is 0 Å². The van der Waals surface area contributed by atoms with E-state index < -0.39 is 0 Å². The highest BCUT2D eigenvalue weighted by Gasteiger charge is 2.18. The van der Waals surface area contributed by atoms with Gasteiger partial charge in [0.25, 0.3) is 0 Å². The van der Waals surface area contributed by atoms with Gasteiger partial charge in [0.05, 0.1) is 12.7 Å². The molecular weight excluding hydrogens is 239 g/mol. The lowest BCUT2D eigenvalue weighted by molar-refractivity contribution is -0.00598. The molecule has 0 spiro atoms. The molecular formula is C12H17FN2OS. The minimum atomic E-state index is -0.247. The van der Waals surface area contributed by atoms with Gasteiger partial charge in [-0.05, 0) is 25.2 Å². The zero-order valence-electron chi connectivity index (χ0n) is 9.86. The van der Waals surface area contributed by atoms with Crippen LogP contribution in [0.4, 0.5) is 10.1 Å². The van der Waals surface area contributed by atoms with E-state index in [1.165, 1.54) is 12.1 Å². The first-order chi connectivity index (χ1) is 8.15. The Labute approximate surface area is 105 Å². The first-order valence-corrected chi connectivity index (χ1v) is 6.61. The van der Waals surface area contributed by atoms with Crippen molar-refractivity contribution in [3.05, 3.63) is 24.0 Å². The van der Waals surface area contributed by atoms with Crippen LogP contribution in [-0.4, -0.2) is 43.5 Å². The van der Waals surface area contributed by atoms with Gasteiger partial charge in [0.1, 0.15) is 5.82 Å². The Balaban J connectivity index is 1.90. The molecule has 0 saturated carbocycles. The van der Waals surface area contributed by atoms with Crippen LogP contribution in [0.15, 0.2) is 23.1 Å². The fourth-order valence-corrected chi connectivity index (χ4v) is 2.78. The van der Waals surface area contributed by atoms with Gasteiger partial charge in [-0.2, -0.15) is 0 Å². The van der Waals surface area contributed by atoms with E-state index in [4.69, 9.17) is 10.5 Å². The second-order valence-electron chi connectivity index (χ2n) is 4.25. The molecule has 3 nitrogen and oxygen atoms in total. The monoisotopic (exact) mass is 256 g/mol. The van der Waals surface area contributed by atoms with Gasteiger partial charge in [-0.25, -0.2) is 4.39 Å². The summed E-state index contributed by atoms with van der Waals surface area (Å²) in [5.41, 5.74) is 6.42. The summed E-state index contributed by atoms with van der Waals surface area (Å²) in [6.45, 7) is 2.66. The molecule has 17 heavy (non-hydrogen) atoms. The van der Waals surface area contributed by atoms with Crippen molar-refractivity contribution in [1.82, 2.24) is 4.90 Å². The number of morpholine rings is 1. The average Bonchev–Trinajstić information content (AvgIpc) is 2.30. The number of hydrogen-bond acceptors (Lipinski definition) is 4. The third kappa shape index (κ3) is 3.59. The van der Waals surface area contributed by atoms with Crippen molar-refractivity contribution in [2.75, 3.05) is 38.2 Å². The third-order valence-corrected chi connectivity index (χ3v) is 3.95. The minimum Gasteiger partial charge on any atom is -0.398 e. The molecule has 1 atom stereocenters. The van der Waals surface area contributed by atoms with Crippen LogP contribution >= 0.6 is 11.8 Å². The number of ether oxygens (including phenoxy) is 1. The Morgan fingerprint density at radius 2 is 2.41 bits per heavy atom. The third-order valence-electron chi connectivity index (χ3n) is 2.74. The molecule has 1 aliphatic heterocycles. The Morgan fingerprint density at radius 3 is 3.18 bits per heavy atom. The van der Waals surface area contributed by atoms with Gasteiger partial charge in [0, 0.05) is 29.4 Å². The molecule has 1 fully saturated rings. The maximum Gasteiger partial charge on any atom is 0.124 e. The largest absolute Gasteiger partial charge is 0.398 e. The highest BCUT2D eigenvalue weighted by molar-refractivity contribution is 7.99. The van der Waals surface area contributed by atoms with Crippen molar-refractivity contribution < 1.29 is 9.13 Å². The second kappa shape index (κ2) is 5.71. The molecule has 1 heterocycles. The smallest absolute Gasteiger partial charge is 0.124 e. The molecule has 0 bridgehead atoms. The van der Waals surface area contributed by atoms with Crippen LogP contribution in [0.3, 0.4) is 0 Å². The van der Waals surface area contributed by atoms with E-state index in [0.29, 0.717) is 5.69 Å². The van der Waals surface area contributed by atoms with Crippen molar-refractivity contribution >= 4 is 17.4 Å². The SMILES string of the molecule is CN1CCOC(CSc2cc(F)ccc2N)C1. The topological polar surface area (TPSA) is 38.5 Å². The van der Waals surface area contributed by atoms with Crippen molar-refractivity contribution in [2.24, 2.45) is 0 Å². The van der Waals surface area contributed by atoms with Crippen LogP contribution in [0.1, 0.15) is 0 Å². The number of hydrogen-bond donors (Lipinski definition) is 1. The number of rotatable bonds is 3. The van der Waals surface area contributed by atoms with Crippen LogP contribution in [0, 0.1) is 5.82 Å². The van der Waals surface area contributed by atoms with E-state index in [0.717, 1.165) is 30.3 Å². The molecule has 2 N–H and O–H groups in total. The highest BCUT2D eigenvalue weighted by atomic mass is 32.2. The summed E-state index contributed by atoms with van der Waals surface area (Å²) in [4.78, 5) is 3.03. The molecule has 5 heteroatoms. The zero-order chi connectivity index (χ0) is 12.3. The molecule has 0 amide bonds. The minimum absolute atomic E-state index is 0.196. The summed E-state index contributed by atoms with van der Waals surface area (Å²) >= 11 is 1.55. The fraction of sp³-hybridized carbons (Fsp3) is 0.500. The Hall–Kier alpha value is -0.780. The van der Waals surface area contributed by atoms with E-state index in [1.807, 2.05) is 0 Å². The normalized spacial score (nSPS) is 21.6.